The number of aromatic nitrogens is 1. The molecule has 118 valence electrons. The standard InChI is InChI=1S/C11H11F6N3O/c1-20(5-4-10(12,13)14)9-6(8(18)21)2-3-7(19-9)11(15,16)17/h2-3H,4-5H2,1H3,(H2,18,21). The summed E-state index contributed by atoms with van der Waals surface area (Å²) in [4.78, 5) is 15.1. The van der Waals surface area contributed by atoms with Crippen molar-refractivity contribution in [1.82, 2.24) is 4.98 Å². The highest BCUT2D eigenvalue weighted by Crippen LogP contribution is 2.30. The summed E-state index contributed by atoms with van der Waals surface area (Å²) < 4.78 is 74.1. The lowest BCUT2D eigenvalue weighted by Gasteiger charge is -2.22. The Morgan fingerprint density at radius 3 is 2.24 bits per heavy atom. The van der Waals surface area contributed by atoms with Crippen molar-refractivity contribution in [3.63, 3.8) is 0 Å². The van der Waals surface area contributed by atoms with Gasteiger partial charge in [0.2, 0.25) is 0 Å². The highest BCUT2D eigenvalue weighted by Gasteiger charge is 2.34. The zero-order valence-electron chi connectivity index (χ0n) is 10.7. The monoisotopic (exact) mass is 315 g/mol. The molecule has 0 bridgehead atoms. The van der Waals surface area contributed by atoms with Crippen LogP contribution in [0.1, 0.15) is 22.5 Å². The van der Waals surface area contributed by atoms with Gasteiger partial charge in [0.05, 0.1) is 12.0 Å². The van der Waals surface area contributed by atoms with Gasteiger partial charge in [-0.2, -0.15) is 26.3 Å². The number of halogens is 6. The molecule has 0 unspecified atom stereocenters. The Kier molecular flexibility index (Phi) is 4.69. The number of carbonyl (C=O) groups is 1. The number of hydrogen-bond acceptors (Lipinski definition) is 3. The van der Waals surface area contributed by atoms with Crippen molar-refractivity contribution in [3.8, 4) is 0 Å². The second-order valence-corrected chi connectivity index (χ2v) is 4.22. The van der Waals surface area contributed by atoms with Gasteiger partial charge in [-0.15, -0.1) is 0 Å². The Morgan fingerprint density at radius 2 is 1.81 bits per heavy atom. The number of alkyl halides is 6. The first-order valence-corrected chi connectivity index (χ1v) is 5.58. The predicted molar refractivity (Wildman–Crippen MR) is 61.7 cm³/mol. The van der Waals surface area contributed by atoms with Gasteiger partial charge in [0, 0.05) is 13.6 Å². The number of nitrogens with two attached hydrogens (primary N) is 1. The number of carbonyl (C=O) groups excluding carboxylic acids is 1. The third-order valence-corrected chi connectivity index (χ3v) is 2.52. The van der Waals surface area contributed by atoms with Crippen LogP contribution < -0.4 is 10.6 Å². The fraction of sp³-hybridized carbons (Fsp3) is 0.455. The molecule has 2 N–H and O–H groups in total. The number of nitrogens with zero attached hydrogens (tertiary/aromatic N) is 2. The summed E-state index contributed by atoms with van der Waals surface area (Å²) in [6.07, 6.45) is -10.5. The van der Waals surface area contributed by atoms with Crippen LogP contribution in [0.3, 0.4) is 0 Å². The van der Waals surface area contributed by atoms with E-state index in [9.17, 15) is 31.1 Å². The molecule has 0 saturated heterocycles. The van der Waals surface area contributed by atoms with E-state index in [-0.39, 0.29) is 5.56 Å². The molecule has 4 nitrogen and oxygen atoms in total. The summed E-state index contributed by atoms with van der Waals surface area (Å²) in [6.45, 7) is -0.655. The SMILES string of the molecule is CN(CCC(F)(F)F)c1nc(C(F)(F)F)ccc1C(N)=O. The fourth-order valence-corrected chi connectivity index (χ4v) is 1.49. The molecule has 0 radical (unpaired) electrons. The Hall–Kier alpha value is -2.00. The molecule has 1 aromatic heterocycles. The van der Waals surface area contributed by atoms with Gasteiger partial charge in [-0.3, -0.25) is 4.79 Å². The minimum atomic E-state index is -4.78. The van der Waals surface area contributed by atoms with Crippen LogP contribution in [0.25, 0.3) is 0 Å². The highest BCUT2D eigenvalue weighted by atomic mass is 19.4. The second-order valence-electron chi connectivity index (χ2n) is 4.22. The molecule has 0 aliphatic heterocycles. The molecule has 0 saturated carbocycles. The first-order valence-electron chi connectivity index (χ1n) is 5.58. The zero-order chi connectivity index (χ0) is 16.4. The van der Waals surface area contributed by atoms with Crippen LogP contribution in [0.15, 0.2) is 12.1 Å². The van der Waals surface area contributed by atoms with Crippen LogP contribution in [-0.4, -0.2) is 30.7 Å². The third-order valence-electron chi connectivity index (χ3n) is 2.52. The number of hydrogen-bond donors (Lipinski definition) is 1. The molecule has 1 aromatic rings. The lowest BCUT2D eigenvalue weighted by Crippen LogP contribution is -2.28. The summed E-state index contributed by atoms with van der Waals surface area (Å²) in [7, 11) is 1.10. The number of primary amides is 1. The summed E-state index contributed by atoms with van der Waals surface area (Å²) in [6, 6.07) is 1.33. The predicted octanol–water partition coefficient (Wildman–Crippen LogP) is 2.59. The van der Waals surface area contributed by atoms with Crippen molar-refractivity contribution in [1.29, 1.82) is 0 Å². The minimum Gasteiger partial charge on any atom is -0.365 e. The van der Waals surface area contributed by atoms with Crippen LogP contribution in [0.5, 0.6) is 0 Å². The highest BCUT2D eigenvalue weighted by molar-refractivity contribution is 5.97. The molecule has 21 heavy (non-hydrogen) atoms. The third kappa shape index (κ3) is 4.80. The first kappa shape index (κ1) is 17.1. The normalized spacial score (nSPS) is 12.3. The second kappa shape index (κ2) is 5.78. The maximum Gasteiger partial charge on any atom is 0.433 e. The van der Waals surface area contributed by atoms with E-state index in [1.54, 1.807) is 0 Å². The van der Waals surface area contributed by atoms with Crippen molar-refractivity contribution in [2.75, 3.05) is 18.5 Å². The van der Waals surface area contributed by atoms with Crippen LogP contribution in [-0.2, 0) is 6.18 Å². The summed E-state index contributed by atoms with van der Waals surface area (Å²) in [5.74, 6) is -1.62. The van der Waals surface area contributed by atoms with Crippen molar-refractivity contribution in [3.05, 3.63) is 23.4 Å². The fourth-order valence-electron chi connectivity index (χ4n) is 1.49. The molecule has 0 aromatic carbocycles. The quantitative estimate of drug-likeness (QED) is 0.869. The summed E-state index contributed by atoms with van der Waals surface area (Å²) in [5.41, 5.74) is 3.28. The number of pyridine rings is 1. The number of anilines is 1. The van der Waals surface area contributed by atoms with E-state index in [4.69, 9.17) is 5.73 Å². The van der Waals surface area contributed by atoms with E-state index in [0.29, 0.717) is 6.07 Å². The lowest BCUT2D eigenvalue weighted by molar-refractivity contribution is -0.141. The molecular formula is C11H11F6N3O. The molecule has 0 aliphatic carbocycles. The van der Waals surface area contributed by atoms with Crippen molar-refractivity contribution >= 4 is 11.7 Å². The van der Waals surface area contributed by atoms with E-state index >= 15 is 0 Å². The largest absolute Gasteiger partial charge is 0.433 e. The van der Waals surface area contributed by atoms with E-state index in [0.717, 1.165) is 18.0 Å². The average molecular weight is 315 g/mol. The van der Waals surface area contributed by atoms with Crippen LogP contribution in [0.2, 0.25) is 0 Å². The first-order chi connectivity index (χ1) is 9.42. The number of rotatable bonds is 4. The average Bonchev–Trinajstić information content (AvgIpc) is 2.33. The Morgan fingerprint density at radius 1 is 1.24 bits per heavy atom. The van der Waals surface area contributed by atoms with Crippen molar-refractivity contribution < 1.29 is 31.1 Å². The minimum absolute atomic E-state index is 0.382. The molecule has 1 heterocycles. The lowest BCUT2D eigenvalue weighted by atomic mass is 10.2. The van der Waals surface area contributed by atoms with Gasteiger partial charge < -0.3 is 10.6 Å². The molecule has 10 heteroatoms. The van der Waals surface area contributed by atoms with Gasteiger partial charge in [-0.05, 0) is 12.1 Å². The summed E-state index contributed by atoms with van der Waals surface area (Å²) >= 11 is 0. The maximum atomic E-state index is 12.6. The van der Waals surface area contributed by atoms with E-state index in [1.807, 2.05) is 0 Å². The Balaban J connectivity index is 3.14. The van der Waals surface area contributed by atoms with Crippen LogP contribution in [0, 0.1) is 0 Å². The smallest absolute Gasteiger partial charge is 0.365 e. The molecule has 0 fully saturated rings. The van der Waals surface area contributed by atoms with Crippen molar-refractivity contribution in [2.45, 2.75) is 18.8 Å². The van der Waals surface area contributed by atoms with Gasteiger partial charge in [-0.1, -0.05) is 0 Å². The molecule has 0 aliphatic rings. The van der Waals surface area contributed by atoms with Crippen LogP contribution >= 0.6 is 0 Å². The Labute approximate surface area is 115 Å². The number of amides is 1. The molecule has 0 atom stereocenters. The molecule has 1 amide bonds. The van der Waals surface area contributed by atoms with Crippen LogP contribution in [0.4, 0.5) is 32.2 Å². The van der Waals surface area contributed by atoms with Gasteiger partial charge in [0.25, 0.3) is 5.91 Å². The molecule has 0 spiro atoms. The van der Waals surface area contributed by atoms with Crippen molar-refractivity contribution in [2.24, 2.45) is 5.73 Å². The van der Waals surface area contributed by atoms with Gasteiger partial charge in [0.1, 0.15) is 11.5 Å². The molecule has 1 rings (SSSR count). The molecular weight excluding hydrogens is 304 g/mol. The zero-order valence-corrected chi connectivity index (χ0v) is 10.7. The Bertz CT molecular complexity index is 526. The van der Waals surface area contributed by atoms with Gasteiger partial charge in [0.15, 0.2) is 0 Å². The van der Waals surface area contributed by atoms with E-state index in [2.05, 4.69) is 4.98 Å². The topological polar surface area (TPSA) is 59.2 Å². The van der Waals surface area contributed by atoms with Gasteiger partial charge >= 0.3 is 12.4 Å². The summed E-state index contributed by atoms with van der Waals surface area (Å²) in [5, 5.41) is 0. The van der Waals surface area contributed by atoms with E-state index < -0.39 is 42.7 Å². The van der Waals surface area contributed by atoms with E-state index in [1.165, 1.54) is 0 Å². The maximum absolute atomic E-state index is 12.6. The van der Waals surface area contributed by atoms with Gasteiger partial charge in [-0.25, -0.2) is 4.98 Å².